The summed E-state index contributed by atoms with van der Waals surface area (Å²) in [5, 5.41) is 9.55. The first-order valence-electron chi connectivity index (χ1n) is 8.87. The smallest absolute Gasteiger partial charge is 0.226 e. The Bertz CT molecular complexity index is 564. The fraction of sp³-hybridized carbons (Fsp3) is 0.778. The van der Waals surface area contributed by atoms with E-state index in [4.69, 9.17) is 0 Å². The highest BCUT2D eigenvalue weighted by molar-refractivity contribution is 8.17. The molecular weight excluding hydrogens is 308 g/mol. The number of likely N-dealkylation sites (tertiary alicyclic amines) is 1. The first kappa shape index (κ1) is 16.7. The topological polar surface area (TPSA) is 61.2 Å². The summed E-state index contributed by atoms with van der Waals surface area (Å²) in [7, 11) is 1.64. The maximum Gasteiger partial charge on any atom is 0.226 e. The molecule has 2 heterocycles. The van der Waals surface area contributed by atoms with Gasteiger partial charge in [-0.25, -0.2) is 0 Å². The Morgan fingerprint density at radius 2 is 1.83 bits per heavy atom. The van der Waals surface area contributed by atoms with E-state index in [2.05, 4.69) is 6.07 Å². The molecule has 4 nitrogen and oxygen atoms in total. The summed E-state index contributed by atoms with van der Waals surface area (Å²) in [4.78, 5) is 27.9. The molecule has 2 saturated heterocycles. The fourth-order valence-corrected chi connectivity index (χ4v) is 6.77. The molecule has 0 aromatic carbocycles. The number of amides is 1. The Kier molecular flexibility index (Phi) is 5.21. The number of ketones is 1. The molecule has 0 aromatic rings. The highest BCUT2D eigenvalue weighted by Crippen LogP contribution is 2.40. The quantitative estimate of drug-likeness (QED) is 0.745. The minimum absolute atomic E-state index is 0.00833. The molecule has 3 aliphatic rings. The standard InChI is InChI=1S/C18H26N2O2S/c1-20-12-14(16(18(20)22)13-7-3-2-4-8-13)17(21)15(11-19)23-9-5-6-10-23/h13-14,16H,2-10,12H2,1H3/t14-,16+/m0/s1. The maximum absolute atomic E-state index is 13.1. The second kappa shape index (κ2) is 7.17. The highest BCUT2D eigenvalue weighted by atomic mass is 32.2. The van der Waals surface area contributed by atoms with Crippen LogP contribution in [0.15, 0.2) is 0 Å². The first-order valence-corrected chi connectivity index (χ1v) is 10.4. The lowest BCUT2D eigenvalue weighted by Gasteiger charge is -2.29. The van der Waals surface area contributed by atoms with Gasteiger partial charge in [-0.3, -0.25) is 9.59 Å². The minimum atomic E-state index is -0.279. The molecule has 23 heavy (non-hydrogen) atoms. The number of carbonyl (C=O) groups is 2. The minimum Gasteiger partial charge on any atom is -0.345 e. The van der Waals surface area contributed by atoms with Crippen molar-refractivity contribution >= 4 is 27.0 Å². The molecule has 1 amide bonds. The van der Waals surface area contributed by atoms with Crippen molar-refractivity contribution in [2.75, 3.05) is 25.1 Å². The van der Waals surface area contributed by atoms with Gasteiger partial charge in [0.15, 0.2) is 5.78 Å². The van der Waals surface area contributed by atoms with Crippen molar-refractivity contribution in [2.45, 2.75) is 44.9 Å². The van der Waals surface area contributed by atoms with Crippen LogP contribution in [0.3, 0.4) is 0 Å². The van der Waals surface area contributed by atoms with Crippen molar-refractivity contribution in [1.82, 2.24) is 4.90 Å². The molecule has 1 saturated carbocycles. The molecule has 3 rings (SSSR count). The number of rotatable bonds is 3. The average Bonchev–Trinajstić information content (AvgIpc) is 3.18. The van der Waals surface area contributed by atoms with Crippen molar-refractivity contribution in [3.8, 4) is 6.07 Å². The van der Waals surface area contributed by atoms with Crippen LogP contribution < -0.4 is 0 Å². The summed E-state index contributed by atoms with van der Waals surface area (Å²) in [5.41, 5.74) is 0. The first-order chi connectivity index (χ1) is 11.1. The van der Waals surface area contributed by atoms with E-state index in [1.54, 1.807) is 11.9 Å². The van der Waals surface area contributed by atoms with E-state index in [-0.39, 0.29) is 34.0 Å². The van der Waals surface area contributed by atoms with Gasteiger partial charge in [0.1, 0.15) is 10.9 Å². The van der Waals surface area contributed by atoms with E-state index in [1.165, 1.54) is 6.42 Å². The second-order valence-electron chi connectivity index (χ2n) is 7.16. The molecule has 2 atom stereocenters. The van der Waals surface area contributed by atoms with Crippen LogP contribution >= 0.6 is 10.5 Å². The van der Waals surface area contributed by atoms with Crippen LogP contribution in [0.2, 0.25) is 0 Å². The maximum atomic E-state index is 13.1. The lowest BCUT2D eigenvalue weighted by Crippen LogP contribution is -2.35. The van der Waals surface area contributed by atoms with Gasteiger partial charge in [-0.1, -0.05) is 19.3 Å². The predicted molar refractivity (Wildman–Crippen MR) is 93.4 cm³/mol. The summed E-state index contributed by atoms with van der Waals surface area (Å²) in [6.07, 6.45) is 7.93. The van der Waals surface area contributed by atoms with Gasteiger partial charge in [-0.05, 0) is 43.1 Å². The van der Waals surface area contributed by atoms with Crippen molar-refractivity contribution in [3.05, 3.63) is 0 Å². The predicted octanol–water partition coefficient (Wildman–Crippen LogP) is 2.60. The van der Waals surface area contributed by atoms with E-state index in [1.807, 2.05) is 0 Å². The van der Waals surface area contributed by atoms with Crippen molar-refractivity contribution in [2.24, 2.45) is 17.8 Å². The SMILES string of the molecule is CN1C[C@H](C(=O)C(C#N)=S2CCCC2)[C@@H](C2CCCCC2)C1=O. The molecule has 2 aliphatic heterocycles. The van der Waals surface area contributed by atoms with Gasteiger partial charge in [0, 0.05) is 13.6 Å². The Morgan fingerprint density at radius 1 is 1.17 bits per heavy atom. The van der Waals surface area contributed by atoms with E-state index < -0.39 is 0 Å². The van der Waals surface area contributed by atoms with Crippen LogP contribution in [0.1, 0.15) is 44.9 Å². The summed E-state index contributed by atoms with van der Waals surface area (Å²) in [5.74, 6) is 1.97. The van der Waals surface area contributed by atoms with Gasteiger partial charge in [-0.2, -0.15) is 15.7 Å². The van der Waals surface area contributed by atoms with E-state index >= 15 is 0 Å². The van der Waals surface area contributed by atoms with Gasteiger partial charge in [0.2, 0.25) is 5.91 Å². The monoisotopic (exact) mass is 334 g/mol. The zero-order chi connectivity index (χ0) is 16.4. The van der Waals surface area contributed by atoms with Crippen LogP contribution in [0, 0.1) is 29.1 Å². The normalized spacial score (nSPS) is 29.7. The number of Topliss-reactive ketones (excluding diaryl/α,β-unsaturated/α-hetero) is 1. The van der Waals surface area contributed by atoms with E-state index in [0.717, 1.165) is 50.0 Å². The third-order valence-corrected chi connectivity index (χ3v) is 8.14. The second-order valence-corrected chi connectivity index (χ2v) is 9.37. The van der Waals surface area contributed by atoms with Crippen LogP contribution in [0.5, 0.6) is 0 Å². The zero-order valence-electron chi connectivity index (χ0n) is 13.9. The van der Waals surface area contributed by atoms with Crippen LogP contribution in [-0.2, 0) is 9.59 Å². The molecule has 126 valence electrons. The molecule has 0 radical (unpaired) electrons. The number of nitriles is 1. The molecule has 0 N–H and O–H groups in total. The van der Waals surface area contributed by atoms with Gasteiger partial charge in [0.25, 0.3) is 0 Å². The Labute approximate surface area is 141 Å². The summed E-state index contributed by atoms with van der Waals surface area (Å²) in [6, 6.07) is 2.22. The van der Waals surface area contributed by atoms with Crippen molar-refractivity contribution in [3.63, 3.8) is 0 Å². The highest BCUT2D eigenvalue weighted by Gasteiger charge is 2.47. The fourth-order valence-electron chi connectivity index (χ4n) is 4.48. The van der Waals surface area contributed by atoms with Gasteiger partial charge >= 0.3 is 0 Å². The third kappa shape index (κ3) is 3.24. The third-order valence-electron chi connectivity index (χ3n) is 5.71. The average molecular weight is 334 g/mol. The van der Waals surface area contributed by atoms with Crippen molar-refractivity contribution < 1.29 is 9.59 Å². The molecular formula is C18H26N2O2S. The molecule has 1 aliphatic carbocycles. The molecule has 0 bridgehead atoms. The van der Waals surface area contributed by atoms with Crippen LogP contribution in [0.25, 0.3) is 0 Å². The van der Waals surface area contributed by atoms with E-state index in [9.17, 15) is 14.9 Å². The summed E-state index contributed by atoms with van der Waals surface area (Å²) < 4.78 is 0. The van der Waals surface area contributed by atoms with Gasteiger partial charge < -0.3 is 4.90 Å². The number of nitrogens with zero attached hydrogens (tertiary/aromatic N) is 2. The molecule has 5 heteroatoms. The van der Waals surface area contributed by atoms with Gasteiger partial charge in [0.05, 0.1) is 11.8 Å². The molecule has 0 spiro atoms. The van der Waals surface area contributed by atoms with Gasteiger partial charge in [-0.15, -0.1) is 0 Å². The lowest BCUT2D eigenvalue weighted by atomic mass is 9.74. The van der Waals surface area contributed by atoms with Crippen LogP contribution in [0.4, 0.5) is 0 Å². The Morgan fingerprint density at radius 3 is 2.43 bits per heavy atom. The largest absolute Gasteiger partial charge is 0.345 e. The van der Waals surface area contributed by atoms with Crippen LogP contribution in [-0.4, -0.2) is 46.6 Å². The molecule has 3 fully saturated rings. The molecule has 0 aromatic heterocycles. The summed E-state index contributed by atoms with van der Waals surface area (Å²) >= 11 is 0. The zero-order valence-corrected chi connectivity index (χ0v) is 14.7. The lowest BCUT2D eigenvalue weighted by molar-refractivity contribution is -0.133. The number of hydrogen-bond acceptors (Lipinski definition) is 3. The van der Waals surface area contributed by atoms with Crippen molar-refractivity contribution in [1.29, 1.82) is 5.26 Å². The van der Waals surface area contributed by atoms with E-state index in [0.29, 0.717) is 17.3 Å². The molecule has 0 unspecified atom stereocenters. The number of hydrogen-bond donors (Lipinski definition) is 0. The number of carbonyl (C=O) groups excluding carboxylic acids is 2. The Hall–Kier alpha value is -1.15. The Balaban J connectivity index is 1.86. The summed E-state index contributed by atoms with van der Waals surface area (Å²) in [6.45, 7) is 0.501.